The Morgan fingerprint density at radius 1 is 1.00 bits per heavy atom. The second-order valence-corrected chi connectivity index (χ2v) is 8.48. The van der Waals surface area contributed by atoms with Gasteiger partial charge in [0.05, 0.1) is 18.7 Å². The van der Waals surface area contributed by atoms with Gasteiger partial charge in [-0.3, -0.25) is 4.79 Å². The molecule has 4 rings (SSSR count). The van der Waals surface area contributed by atoms with Gasteiger partial charge in [0.1, 0.15) is 5.75 Å². The van der Waals surface area contributed by atoms with Crippen LogP contribution < -0.4 is 4.74 Å². The second-order valence-electron chi connectivity index (χ2n) is 7.60. The quantitative estimate of drug-likeness (QED) is 0.472. The van der Waals surface area contributed by atoms with Crippen molar-refractivity contribution in [2.75, 3.05) is 13.4 Å². The molecule has 6 nitrogen and oxygen atoms in total. The summed E-state index contributed by atoms with van der Waals surface area (Å²) in [6.45, 7) is 0.294. The van der Waals surface area contributed by atoms with E-state index >= 15 is 0 Å². The molecule has 0 unspecified atom stereocenters. The molecule has 0 spiro atoms. The summed E-state index contributed by atoms with van der Waals surface area (Å²) >= 11 is 1.64. The molecule has 0 fully saturated rings. The topological polar surface area (TPSA) is 87.1 Å². The number of methoxy groups -OCH3 is 1. The number of carboxylic acid groups (broad SMARTS) is 1. The number of hydrogen-bond acceptors (Lipinski definition) is 5. The highest BCUT2D eigenvalue weighted by molar-refractivity contribution is 7.98. The van der Waals surface area contributed by atoms with Crippen molar-refractivity contribution >= 4 is 29.2 Å². The van der Waals surface area contributed by atoms with Crippen molar-refractivity contribution in [1.29, 1.82) is 0 Å². The molecule has 1 heterocycles. The van der Waals surface area contributed by atoms with Crippen molar-refractivity contribution in [3.05, 3.63) is 101 Å². The van der Waals surface area contributed by atoms with E-state index in [1.807, 2.05) is 30.5 Å². The number of amides is 1. The van der Waals surface area contributed by atoms with Crippen molar-refractivity contribution in [3.63, 3.8) is 0 Å². The van der Waals surface area contributed by atoms with Gasteiger partial charge in [-0.25, -0.2) is 4.79 Å². The highest BCUT2D eigenvalue weighted by Crippen LogP contribution is 2.44. The van der Waals surface area contributed by atoms with Crippen LogP contribution in [0.2, 0.25) is 0 Å². The smallest absolute Gasteiger partial charge is 0.335 e. The predicted octanol–water partition coefficient (Wildman–Crippen LogP) is 5.17. The molecular formula is C26H23NO5S. The Balaban J connectivity index is 1.77. The largest absolute Gasteiger partial charge is 0.503 e. The van der Waals surface area contributed by atoms with Crippen LogP contribution in [0, 0.1) is 0 Å². The fourth-order valence-electron chi connectivity index (χ4n) is 3.96. The molecule has 1 aliphatic heterocycles. The molecule has 2 N–H and O–H groups in total. The average Bonchev–Trinajstić information content (AvgIpc) is 3.09. The fourth-order valence-corrected chi connectivity index (χ4v) is 4.37. The van der Waals surface area contributed by atoms with Crippen molar-refractivity contribution in [2.45, 2.75) is 17.5 Å². The number of benzene rings is 3. The van der Waals surface area contributed by atoms with Crippen LogP contribution >= 0.6 is 11.8 Å². The number of nitrogens with zero attached hydrogens (tertiary/aromatic N) is 1. The summed E-state index contributed by atoms with van der Waals surface area (Å²) in [6, 6.07) is 20.9. The summed E-state index contributed by atoms with van der Waals surface area (Å²) < 4.78 is 5.23. The SMILES string of the molecule is COc1ccc(C2=C(O)C(=O)N(Cc3ccc(SC)cc3)[C@@H]2c2ccc(C(=O)O)cc2)cc1. The second kappa shape index (κ2) is 9.42. The molecule has 0 aliphatic carbocycles. The number of carbonyl (C=O) groups excluding carboxylic acids is 1. The number of ether oxygens (including phenoxy) is 1. The summed E-state index contributed by atoms with van der Waals surface area (Å²) in [6.07, 6.45) is 2.00. The van der Waals surface area contributed by atoms with Crippen molar-refractivity contribution < 1.29 is 24.5 Å². The first-order valence-electron chi connectivity index (χ1n) is 10.3. The van der Waals surface area contributed by atoms with Crippen LogP contribution in [0.1, 0.15) is 33.1 Å². The minimum absolute atomic E-state index is 0.154. The Kier molecular flexibility index (Phi) is 6.42. The summed E-state index contributed by atoms with van der Waals surface area (Å²) in [4.78, 5) is 27.2. The minimum Gasteiger partial charge on any atom is -0.503 e. The zero-order chi connectivity index (χ0) is 23.5. The third-order valence-corrected chi connectivity index (χ3v) is 6.43. The van der Waals surface area contributed by atoms with Crippen molar-refractivity contribution in [3.8, 4) is 5.75 Å². The van der Waals surface area contributed by atoms with Gasteiger partial charge in [-0.05, 0) is 59.3 Å². The Hall–Kier alpha value is -3.71. The lowest BCUT2D eigenvalue weighted by Crippen LogP contribution is -2.29. The zero-order valence-electron chi connectivity index (χ0n) is 18.2. The van der Waals surface area contributed by atoms with E-state index in [0.29, 0.717) is 29.0 Å². The lowest BCUT2D eigenvalue weighted by Gasteiger charge is -2.27. The van der Waals surface area contributed by atoms with Crippen LogP contribution in [0.4, 0.5) is 0 Å². The lowest BCUT2D eigenvalue weighted by atomic mass is 9.92. The monoisotopic (exact) mass is 461 g/mol. The number of carbonyl (C=O) groups is 2. The first-order chi connectivity index (χ1) is 15.9. The molecule has 1 atom stereocenters. The van der Waals surface area contributed by atoms with Gasteiger partial charge in [-0.2, -0.15) is 0 Å². The van der Waals surface area contributed by atoms with E-state index < -0.39 is 17.9 Å². The van der Waals surface area contributed by atoms with Crippen molar-refractivity contribution in [2.24, 2.45) is 0 Å². The van der Waals surface area contributed by atoms with Gasteiger partial charge in [0.15, 0.2) is 5.76 Å². The zero-order valence-corrected chi connectivity index (χ0v) is 19.0. The Labute approximate surface area is 196 Å². The van der Waals surface area contributed by atoms with Crippen LogP contribution in [-0.4, -0.2) is 40.4 Å². The first kappa shape index (κ1) is 22.5. The highest BCUT2D eigenvalue weighted by atomic mass is 32.2. The van der Waals surface area contributed by atoms with Crippen molar-refractivity contribution in [1.82, 2.24) is 4.90 Å². The molecule has 7 heteroatoms. The molecule has 1 amide bonds. The molecule has 0 bridgehead atoms. The molecule has 168 valence electrons. The predicted molar refractivity (Wildman–Crippen MR) is 127 cm³/mol. The molecule has 0 saturated heterocycles. The summed E-state index contributed by atoms with van der Waals surface area (Å²) in [7, 11) is 1.57. The Morgan fingerprint density at radius 3 is 2.18 bits per heavy atom. The molecule has 3 aromatic rings. The van der Waals surface area contributed by atoms with E-state index in [9.17, 15) is 19.8 Å². The van der Waals surface area contributed by atoms with Gasteiger partial charge >= 0.3 is 5.97 Å². The van der Waals surface area contributed by atoms with E-state index in [-0.39, 0.29) is 11.3 Å². The minimum atomic E-state index is -1.02. The maximum atomic E-state index is 13.2. The highest BCUT2D eigenvalue weighted by Gasteiger charge is 2.41. The van der Waals surface area contributed by atoms with E-state index in [2.05, 4.69) is 0 Å². The maximum absolute atomic E-state index is 13.2. The lowest BCUT2D eigenvalue weighted by molar-refractivity contribution is -0.130. The molecule has 0 saturated carbocycles. The van der Waals surface area contributed by atoms with Gasteiger partial charge in [0, 0.05) is 17.0 Å². The molecule has 0 aromatic heterocycles. The number of aliphatic hydroxyl groups excluding tert-OH is 1. The van der Waals surface area contributed by atoms with E-state index in [0.717, 1.165) is 10.5 Å². The Morgan fingerprint density at radius 2 is 1.64 bits per heavy atom. The molecule has 0 radical (unpaired) electrons. The number of aliphatic hydroxyl groups is 1. The van der Waals surface area contributed by atoms with Crippen LogP contribution in [-0.2, 0) is 11.3 Å². The number of thioether (sulfide) groups is 1. The summed E-state index contributed by atoms with van der Waals surface area (Å²) in [5, 5.41) is 20.2. The van der Waals surface area contributed by atoms with Gasteiger partial charge < -0.3 is 19.8 Å². The molecule has 1 aliphatic rings. The maximum Gasteiger partial charge on any atom is 0.335 e. The standard InChI is InChI=1S/C26H23NO5S/c1-32-20-11-9-17(10-12-20)22-23(18-5-7-19(8-6-18)26(30)31)27(25(29)24(22)28)15-16-3-13-21(33-2)14-4-16/h3-14,23,28H,15H2,1-2H3,(H,30,31)/t23-/m1/s1. The van der Waals surface area contributed by atoms with Gasteiger partial charge in [-0.1, -0.05) is 36.4 Å². The van der Waals surface area contributed by atoms with E-state index in [4.69, 9.17) is 4.74 Å². The van der Waals surface area contributed by atoms with Crippen LogP contribution in [0.3, 0.4) is 0 Å². The number of aromatic carboxylic acids is 1. The third-order valence-electron chi connectivity index (χ3n) is 5.69. The van der Waals surface area contributed by atoms with Gasteiger partial charge in [-0.15, -0.1) is 11.8 Å². The Bertz CT molecular complexity index is 1200. The normalized spacial score (nSPS) is 15.8. The van der Waals surface area contributed by atoms with Crippen LogP contribution in [0.15, 0.2) is 83.5 Å². The average molecular weight is 462 g/mol. The van der Waals surface area contributed by atoms with Gasteiger partial charge in [0.2, 0.25) is 0 Å². The number of carboxylic acids is 1. The van der Waals surface area contributed by atoms with E-state index in [1.54, 1.807) is 60.2 Å². The molecule has 3 aromatic carbocycles. The number of rotatable bonds is 7. The fraction of sp³-hybridized carbons (Fsp3) is 0.154. The molecule has 33 heavy (non-hydrogen) atoms. The van der Waals surface area contributed by atoms with E-state index in [1.165, 1.54) is 12.1 Å². The molecular weight excluding hydrogens is 438 g/mol. The third kappa shape index (κ3) is 4.45. The first-order valence-corrected chi connectivity index (χ1v) is 11.5. The number of hydrogen-bond donors (Lipinski definition) is 2. The summed E-state index contributed by atoms with van der Waals surface area (Å²) in [5.41, 5.74) is 2.96. The van der Waals surface area contributed by atoms with Crippen LogP contribution in [0.5, 0.6) is 5.75 Å². The van der Waals surface area contributed by atoms with Gasteiger partial charge in [0.25, 0.3) is 5.91 Å². The summed E-state index contributed by atoms with van der Waals surface area (Å²) in [5.74, 6) is -1.14. The van der Waals surface area contributed by atoms with Crippen LogP contribution in [0.25, 0.3) is 5.57 Å².